The molecule has 1 aromatic heterocycles. The SMILES string of the molecule is COc1ccccc1CN(C(=O)Cn1nnc2ccccc21)C(C(=O)NCC1CCCO1)c1cccc(OC)c1OC. The van der Waals surface area contributed by atoms with E-state index < -0.39 is 6.04 Å². The number of rotatable bonds is 12. The molecule has 0 bridgehead atoms. The topological polar surface area (TPSA) is 117 Å². The van der Waals surface area contributed by atoms with Crippen LogP contribution in [0.5, 0.6) is 17.2 Å². The molecule has 3 aromatic carbocycles. The minimum absolute atomic E-state index is 0.0772. The number of carbonyl (C=O) groups is 2. The number of aromatic nitrogens is 3. The predicted molar refractivity (Wildman–Crippen MR) is 155 cm³/mol. The van der Waals surface area contributed by atoms with Crippen LogP contribution in [0.3, 0.4) is 0 Å². The van der Waals surface area contributed by atoms with Gasteiger partial charge >= 0.3 is 0 Å². The van der Waals surface area contributed by atoms with Crippen LogP contribution in [-0.2, 0) is 27.4 Å². The minimum Gasteiger partial charge on any atom is -0.496 e. The summed E-state index contributed by atoms with van der Waals surface area (Å²) < 4.78 is 24.2. The average Bonchev–Trinajstić information content (AvgIpc) is 3.70. The third-order valence-electron chi connectivity index (χ3n) is 7.37. The molecule has 1 N–H and O–H groups in total. The molecule has 1 saturated heterocycles. The lowest BCUT2D eigenvalue weighted by molar-refractivity contribution is -0.142. The Morgan fingerprint density at radius 2 is 1.76 bits per heavy atom. The van der Waals surface area contributed by atoms with Crippen molar-refractivity contribution in [3.8, 4) is 17.2 Å². The second-order valence-electron chi connectivity index (χ2n) is 9.93. The Bertz CT molecular complexity index is 1530. The fourth-order valence-corrected chi connectivity index (χ4v) is 5.29. The highest BCUT2D eigenvalue weighted by Crippen LogP contribution is 2.38. The molecule has 0 radical (unpaired) electrons. The molecular formula is C31H35N5O6. The summed E-state index contributed by atoms with van der Waals surface area (Å²) in [7, 11) is 4.61. The molecule has 1 fully saturated rings. The molecule has 5 rings (SSSR count). The predicted octanol–water partition coefficient (Wildman–Crippen LogP) is 3.52. The number of hydrogen-bond acceptors (Lipinski definition) is 8. The molecule has 0 saturated carbocycles. The summed E-state index contributed by atoms with van der Waals surface area (Å²) in [4.78, 5) is 30.0. The van der Waals surface area contributed by atoms with E-state index in [1.54, 1.807) is 25.3 Å². The largest absolute Gasteiger partial charge is 0.496 e. The van der Waals surface area contributed by atoms with E-state index in [1.807, 2.05) is 48.5 Å². The van der Waals surface area contributed by atoms with E-state index in [2.05, 4.69) is 15.6 Å². The van der Waals surface area contributed by atoms with Gasteiger partial charge in [0, 0.05) is 24.3 Å². The second-order valence-corrected chi connectivity index (χ2v) is 9.93. The Labute approximate surface area is 244 Å². The minimum atomic E-state index is -1.08. The van der Waals surface area contributed by atoms with E-state index in [0.717, 1.165) is 18.4 Å². The molecule has 0 aliphatic carbocycles. The number of fused-ring (bicyclic) bond motifs is 1. The Hall–Kier alpha value is -4.64. The van der Waals surface area contributed by atoms with E-state index >= 15 is 0 Å². The summed E-state index contributed by atoms with van der Waals surface area (Å²) in [5, 5.41) is 11.4. The van der Waals surface area contributed by atoms with Crippen molar-refractivity contribution < 1.29 is 28.5 Å². The van der Waals surface area contributed by atoms with Gasteiger partial charge in [0.2, 0.25) is 11.8 Å². The molecule has 11 heteroatoms. The normalized spacial score (nSPS) is 15.3. The Morgan fingerprint density at radius 1 is 1.00 bits per heavy atom. The van der Waals surface area contributed by atoms with Gasteiger partial charge in [0.1, 0.15) is 23.9 Å². The van der Waals surface area contributed by atoms with Gasteiger partial charge in [-0.3, -0.25) is 9.59 Å². The van der Waals surface area contributed by atoms with Gasteiger partial charge in [0.05, 0.1) is 39.5 Å². The number of nitrogens with one attached hydrogen (secondary N) is 1. The molecule has 2 heterocycles. The molecule has 2 atom stereocenters. The Morgan fingerprint density at radius 3 is 2.52 bits per heavy atom. The van der Waals surface area contributed by atoms with Crippen molar-refractivity contribution >= 4 is 22.8 Å². The van der Waals surface area contributed by atoms with Crippen molar-refractivity contribution in [1.82, 2.24) is 25.2 Å². The number of hydrogen-bond donors (Lipinski definition) is 1. The smallest absolute Gasteiger partial charge is 0.247 e. The fourth-order valence-electron chi connectivity index (χ4n) is 5.29. The quantitative estimate of drug-likeness (QED) is 0.274. The number of carbonyl (C=O) groups excluding carboxylic acids is 2. The summed E-state index contributed by atoms with van der Waals surface area (Å²) in [6, 6.07) is 19.0. The molecule has 0 spiro atoms. The lowest BCUT2D eigenvalue weighted by Crippen LogP contribution is -2.46. The highest BCUT2D eigenvalue weighted by molar-refractivity contribution is 5.90. The van der Waals surface area contributed by atoms with Gasteiger partial charge in [0.15, 0.2) is 11.5 Å². The first-order valence-corrected chi connectivity index (χ1v) is 13.8. The summed E-state index contributed by atoms with van der Waals surface area (Å²) >= 11 is 0. The highest BCUT2D eigenvalue weighted by atomic mass is 16.5. The van der Waals surface area contributed by atoms with Crippen LogP contribution in [0.15, 0.2) is 66.7 Å². The van der Waals surface area contributed by atoms with Gasteiger partial charge in [-0.25, -0.2) is 4.68 Å². The van der Waals surface area contributed by atoms with Crippen molar-refractivity contribution in [2.75, 3.05) is 34.5 Å². The molecular weight excluding hydrogens is 538 g/mol. The van der Waals surface area contributed by atoms with E-state index in [-0.39, 0.29) is 31.0 Å². The lowest BCUT2D eigenvalue weighted by Gasteiger charge is -2.33. The molecule has 2 unspecified atom stereocenters. The van der Waals surface area contributed by atoms with Crippen LogP contribution in [0.2, 0.25) is 0 Å². The monoisotopic (exact) mass is 573 g/mol. The maximum atomic E-state index is 14.3. The molecule has 4 aromatic rings. The van der Waals surface area contributed by atoms with Crippen LogP contribution < -0.4 is 19.5 Å². The first kappa shape index (κ1) is 28.9. The third-order valence-corrected chi connectivity index (χ3v) is 7.37. The van der Waals surface area contributed by atoms with Crippen LogP contribution in [0.25, 0.3) is 11.0 Å². The van der Waals surface area contributed by atoms with Crippen LogP contribution >= 0.6 is 0 Å². The molecule has 11 nitrogen and oxygen atoms in total. The van der Waals surface area contributed by atoms with Crippen molar-refractivity contribution in [3.05, 3.63) is 77.9 Å². The van der Waals surface area contributed by atoms with Gasteiger partial charge in [-0.2, -0.15) is 0 Å². The third kappa shape index (κ3) is 6.15. The second kappa shape index (κ2) is 13.3. The summed E-state index contributed by atoms with van der Waals surface area (Å²) in [5.74, 6) is 0.681. The van der Waals surface area contributed by atoms with Gasteiger partial charge in [-0.15, -0.1) is 5.10 Å². The Kier molecular flexibility index (Phi) is 9.18. The number of methoxy groups -OCH3 is 3. The first-order chi connectivity index (χ1) is 20.5. The Balaban J connectivity index is 1.59. The molecule has 2 amide bonds. The lowest BCUT2D eigenvalue weighted by atomic mass is 10.0. The average molecular weight is 574 g/mol. The molecule has 1 aliphatic rings. The van der Waals surface area contributed by atoms with Crippen LogP contribution in [0.4, 0.5) is 0 Å². The van der Waals surface area contributed by atoms with E-state index in [1.165, 1.54) is 23.8 Å². The van der Waals surface area contributed by atoms with Crippen LogP contribution in [0, 0.1) is 0 Å². The number of benzene rings is 3. The number of ether oxygens (including phenoxy) is 4. The van der Waals surface area contributed by atoms with E-state index in [4.69, 9.17) is 18.9 Å². The summed E-state index contributed by atoms with van der Waals surface area (Å²) in [5.41, 5.74) is 2.59. The number of para-hydroxylation sites is 3. The standard InChI is InChI=1S/C31H35N5O6/c1-39-26-15-7-4-10-21(26)19-35(28(37)20-36-25-14-6-5-13-24(25)33-34-36)29(31(38)32-18-22-11-9-17-42-22)23-12-8-16-27(40-2)30(23)41-3/h4-8,10,12-16,22,29H,9,11,17-20H2,1-3H3,(H,32,38). The summed E-state index contributed by atoms with van der Waals surface area (Å²) in [6.45, 7) is 0.926. The van der Waals surface area contributed by atoms with Crippen LogP contribution in [-0.4, -0.2) is 72.3 Å². The highest BCUT2D eigenvalue weighted by Gasteiger charge is 2.36. The molecule has 42 heavy (non-hydrogen) atoms. The van der Waals surface area contributed by atoms with Crippen molar-refractivity contribution in [1.29, 1.82) is 0 Å². The fraction of sp³-hybridized carbons (Fsp3) is 0.355. The zero-order valence-corrected chi connectivity index (χ0v) is 24.0. The van der Waals surface area contributed by atoms with Gasteiger partial charge in [-0.1, -0.05) is 47.7 Å². The van der Waals surface area contributed by atoms with E-state index in [0.29, 0.717) is 47.0 Å². The molecule has 1 aliphatic heterocycles. The van der Waals surface area contributed by atoms with Gasteiger partial charge in [0.25, 0.3) is 0 Å². The van der Waals surface area contributed by atoms with E-state index in [9.17, 15) is 9.59 Å². The maximum Gasteiger partial charge on any atom is 0.247 e. The van der Waals surface area contributed by atoms with Gasteiger partial charge in [-0.05, 0) is 37.1 Å². The van der Waals surface area contributed by atoms with Crippen molar-refractivity contribution in [2.45, 2.75) is 38.1 Å². The van der Waals surface area contributed by atoms with Gasteiger partial charge < -0.3 is 29.2 Å². The first-order valence-electron chi connectivity index (χ1n) is 13.8. The maximum absolute atomic E-state index is 14.3. The zero-order valence-electron chi connectivity index (χ0n) is 24.0. The molecule has 220 valence electrons. The van der Waals surface area contributed by atoms with Crippen LogP contribution in [0.1, 0.15) is 30.0 Å². The van der Waals surface area contributed by atoms with Crippen molar-refractivity contribution in [2.24, 2.45) is 0 Å². The number of amides is 2. The summed E-state index contributed by atoms with van der Waals surface area (Å²) in [6.07, 6.45) is 1.72. The van der Waals surface area contributed by atoms with Crippen molar-refractivity contribution in [3.63, 3.8) is 0 Å². The number of nitrogens with zero attached hydrogens (tertiary/aromatic N) is 4. The zero-order chi connectivity index (χ0) is 29.5.